The van der Waals surface area contributed by atoms with Gasteiger partial charge in [0.2, 0.25) is 0 Å². The molecule has 4 nitrogen and oxygen atoms in total. The summed E-state index contributed by atoms with van der Waals surface area (Å²) in [5.41, 5.74) is 9.94. The van der Waals surface area contributed by atoms with Gasteiger partial charge in [-0.1, -0.05) is 66.7 Å². The third-order valence-electron chi connectivity index (χ3n) is 14.9. The highest BCUT2D eigenvalue weighted by Gasteiger charge is 2.41. The number of hydrogen-bond donors (Lipinski definition) is 0. The molecule has 2 aliphatic heterocycles. The van der Waals surface area contributed by atoms with Crippen LogP contribution in [0.2, 0.25) is 0 Å². The molecule has 2 fully saturated rings. The van der Waals surface area contributed by atoms with E-state index in [2.05, 4.69) is 117 Å². The summed E-state index contributed by atoms with van der Waals surface area (Å²) in [6.07, 6.45) is 12.0. The van der Waals surface area contributed by atoms with Gasteiger partial charge in [0.1, 0.15) is 11.9 Å². The van der Waals surface area contributed by atoms with Crippen LogP contribution in [-0.2, 0) is 25.7 Å². The van der Waals surface area contributed by atoms with Crippen LogP contribution < -0.4 is 9.80 Å². The van der Waals surface area contributed by atoms with E-state index in [0.29, 0.717) is 30.1 Å². The first-order chi connectivity index (χ1) is 26.2. The number of likely N-dealkylation sites (tertiary alicyclic amines) is 2. The van der Waals surface area contributed by atoms with Crippen molar-refractivity contribution in [3.8, 4) is 0 Å². The highest BCUT2D eigenvalue weighted by atomic mass is 19.1. The first-order valence-electron chi connectivity index (χ1n) is 21.5. The SMILES string of the molecule is CC[N+]1(CC)CCCCC1CN(c1ccc(C2CC[N+](C)(C)C(CCN(c3cccc(F)c3)C3Cc4ccccc4C3)C2)cc1)C1Cc2ccccc2C1. The van der Waals surface area contributed by atoms with Crippen LogP contribution in [0, 0.1) is 5.82 Å². The summed E-state index contributed by atoms with van der Waals surface area (Å²) in [5, 5.41) is 0. The van der Waals surface area contributed by atoms with Gasteiger partial charge in [0, 0.05) is 55.7 Å². The molecule has 0 N–H and O–H groups in total. The molecule has 4 aliphatic rings. The zero-order valence-electron chi connectivity index (χ0n) is 33.6. The largest absolute Gasteiger partial charge is 0.368 e. The van der Waals surface area contributed by atoms with Crippen LogP contribution in [0.4, 0.5) is 15.8 Å². The van der Waals surface area contributed by atoms with Crippen molar-refractivity contribution in [1.82, 2.24) is 0 Å². The Morgan fingerprint density at radius 1 is 0.630 bits per heavy atom. The summed E-state index contributed by atoms with van der Waals surface area (Å²) in [6.45, 7) is 12.0. The quantitative estimate of drug-likeness (QED) is 0.134. The minimum Gasteiger partial charge on any atom is -0.368 e. The van der Waals surface area contributed by atoms with E-state index < -0.39 is 0 Å². The lowest BCUT2D eigenvalue weighted by molar-refractivity contribution is -0.951. The zero-order chi connectivity index (χ0) is 37.3. The number of piperidine rings is 2. The monoisotopic (exact) mass is 729 g/mol. The van der Waals surface area contributed by atoms with Crippen LogP contribution in [0.3, 0.4) is 0 Å². The molecule has 2 aliphatic carbocycles. The van der Waals surface area contributed by atoms with Gasteiger partial charge in [-0.15, -0.1) is 0 Å². The van der Waals surface area contributed by atoms with Gasteiger partial charge in [0.15, 0.2) is 0 Å². The Morgan fingerprint density at radius 3 is 1.83 bits per heavy atom. The van der Waals surface area contributed by atoms with Crippen molar-refractivity contribution in [3.63, 3.8) is 0 Å². The summed E-state index contributed by atoms with van der Waals surface area (Å²) in [7, 11) is 4.88. The number of halogens is 1. The number of nitrogens with zero attached hydrogens (tertiary/aromatic N) is 4. The van der Waals surface area contributed by atoms with E-state index in [1.54, 1.807) is 23.3 Å². The molecular formula is C49H65FN4+2. The molecule has 3 unspecified atom stereocenters. The van der Waals surface area contributed by atoms with Crippen LogP contribution in [0.15, 0.2) is 97.1 Å². The third-order valence-corrected chi connectivity index (χ3v) is 14.9. The number of fused-ring (bicyclic) bond motifs is 2. The Kier molecular flexibility index (Phi) is 10.9. The molecule has 54 heavy (non-hydrogen) atoms. The molecule has 4 aromatic rings. The first kappa shape index (κ1) is 37.3. The summed E-state index contributed by atoms with van der Waals surface area (Å²) in [5.74, 6) is 0.426. The van der Waals surface area contributed by atoms with Crippen LogP contribution >= 0.6 is 0 Å². The van der Waals surface area contributed by atoms with Crippen LogP contribution in [0.25, 0.3) is 0 Å². The highest BCUT2D eigenvalue weighted by molar-refractivity contribution is 5.52. The summed E-state index contributed by atoms with van der Waals surface area (Å²) < 4.78 is 16.9. The Morgan fingerprint density at radius 2 is 1.24 bits per heavy atom. The van der Waals surface area contributed by atoms with Crippen molar-refractivity contribution in [2.45, 2.75) is 108 Å². The maximum atomic E-state index is 14.6. The third kappa shape index (κ3) is 7.60. The van der Waals surface area contributed by atoms with Gasteiger partial charge in [0.05, 0.1) is 52.9 Å². The molecule has 0 saturated carbocycles. The molecule has 286 valence electrons. The van der Waals surface area contributed by atoms with Gasteiger partial charge in [0.25, 0.3) is 0 Å². The predicted octanol–water partition coefficient (Wildman–Crippen LogP) is 9.60. The van der Waals surface area contributed by atoms with Gasteiger partial charge >= 0.3 is 0 Å². The van der Waals surface area contributed by atoms with Crippen molar-refractivity contribution < 1.29 is 13.4 Å². The molecule has 8 rings (SSSR count). The number of benzene rings is 4. The molecule has 5 heteroatoms. The average Bonchev–Trinajstić information content (AvgIpc) is 3.83. The van der Waals surface area contributed by atoms with E-state index in [1.807, 2.05) is 6.07 Å². The standard InChI is InChI=1S/C49H65FN4/c1-5-54(6-2)28-12-11-20-49(54)36-52(47-32-40-16-9-10-17-41(40)33-47)44-23-21-37(22-24-44)42-26-29-53(3,4)48(34-42)25-27-51(45-19-13-18-43(50)35-45)46-30-38-14-7-8-15-39(38)31-46/h7-10,13-19,21-24,35,42,46-49H,5-6,11-12,20,25-34,36H2,1-4H3/q+2. The van der Waals surface area contributed by atoms with Crippen molar-refractivity contribution >= 4 is 11.4 Å². The maximum Gasteiger partial charge on any atom is 0.125 e. The maximum absolute atomic E-state index is 14.6. The van der Waals surface area contributed by atoms with Crippen molar-refractivity contribution in [2.75, 3.05) is 63.2 Å². The topological polar surface area (TPSA) is 6.48 Å². The lowest BCUT2D eigenvalue weighted by atomic mass is 9.83. The van der Waals surface area contributed by atoms with Gasteiger partial charge in [-0.05, 0) is 116 Å². The normalized spacial score (nSPS) is 23.5. The smallest absolute Gasteiger partial charge is 0.125 e. The van der Waals surface area contributed by atoms with Crippen molar-refractivity contribution in [2.24, 2.45) is 0 Å². The van der Waals surface area contributed by atoms with E-state index in [-0.39, 0.29) is 5.82 Å². The van der Waals surface area contributed by atoms with Crippen LogP contribution in [0.5, 0.6) is 0 Å². The van der Waals surface area contributed by atoms with Crippen molar-refractivity contribution in [3.05, 3.63) is 131 Å². The van der Waals surface area contributed by atoms with E-state index in [9.17, 15) is 4.39 Å². The van der Waals surface area contributed by atoms with Crippen molar-refractivity contribution in [1.29, 1.82) is 0 Å². The molecular weight excluding hydrogens is 664 g/mol. The molecule has 0 radical (unpaired) electrons. The second-order valence-electron chi connectivity index (χ2n) is 18.0. The van der Waals surface area contributed by atoms with Gasteiger partial charge in [-0.2, -0.15) is 0 Å². The fraction of sp³-hybridized carbons (Fsp3) is 0.510. The van der Waals surface area contributed by atoms with E-state index in [0.717, 1.165) is 55.4 Å². The lowest BCUT2D eigenvalue weighted by Crippen LogP contribution is -2.62. The first-order valence-corrected chi connectivity index (χ1v) is 21.5. The Labute approximate surface area is 325 Å². The number of likely N-dealkylation sites (N-methyl/N-ethyl adjacent to an activating group) is 1. The lowest BCUT2D eigenvalue weighted by Gasteiger charge is -2.49. The summed E-state index contributed by atoms with van der Waals surface area (Å²) in [4.78, 5) is 5.37. The van der Waals surface area contributed by atoms with Crippen LogP contribution in [-0.4, -0.2) is 86.5 Å². The van der Waals surface area contributed by atoms with E-state index in [4.69, 9.17) is 0 Å². The Hall–Kier alpha value is -3.67. The molecule has 0 amide bonds. The second kappa shape index (κ2) is 15.8. The van der Waals surface area contributed by atoms with Gasteiger partial charge in [-0.3, -0.25) is 0 Å². The number of hydrogen-bond acceptors (Lipinski definition) is 2. The molecule has 2 saturated heterocycles. The average molecular weight is 729 g/mol. The summed E-state index contributed by atoms with van der Waals surface area (Å²) in [6, 6.07) is 37.5. The molecule has 4 aromatic carbocycles. The van der Waals surface area contributed by atoms with Gasteiger partial charge in [-0.25, -0.2) is 4.39 Å². The molecule has 2 heterocycles. The Balaban J connectivity index is 0.997. The zero-order valence-corrected chi connectivity index (χ0v) is 33.6. The fourth-order valence-corrected chi connectivity index (χ4v) is 11.4. The number of quaternary nitrogens is 2. The molecule has 0 spiro atoms. The highest BCUT2D eigenvalue weighted by Crippen LogP contribution is 2.39. The van der Waals surface area contributed by atoms with Gasteiger partial charge < -0.3 is 18.8 Å². The number of rotatable bonds is 12. The second-order valence-corrected chi connectivity index (χ2v) is 18.0. The minimum absolute atomic E-state index is 0.144. The Bertz CT molecular complexity index is 1810. The predicted molar refractivity (Wildman–Crippen MR) is 224 cm³/mol. The van der Waals surface area contributed by atoms with Crippen LogP contribution in [0.1, 0.15) is 86.1 Å². The molecule has 0 aromatic heterocycles. The van der Waals surface area contributed by atoms with E-state index >= 15 is 0 Å². The molecule has 0 bridgehead atoms. The fourth-order valence-electron chi connectivity index (χ4n) is 11.4. The van der Waals surface area contributed by atoms with E-state index in [1.165, 1.54) is 85.1 Å². The summed E-state index contributed by atoms with van der Waals surface area (Å²) >= 11 is 0. The molecule has 3 atom stereocenters. The number of anilines is 2. The minimum atomic E-state index is -0.144.